The number of hydrogen-bond donors (Lipinski definition) is 1. The van der Waals surface area contributed by atoms with Gasteiger partial charge < -0.3 is 5.73 Å². The second kappa shape index (κ2) is 4.25. The Morgan fingerprint density at radius 1 is 1.36 bits per heavy atom. The Hall–Kier alpha value is -2.07. The molecule has 1 aromatic rings. The van der Waals surface area contributed by atoms with E-state index in [0.29, 0.717) is 0 Å². The molecular formula is C10H6F2N2. The highest BCUT2D eigenvalue weighted by molar-refractivity contribution is 5.49. The highest BCUT2D eigenvalue weighted by Gasteiger charge is 2.08. The van der Waals surface area contributed by atoms with Crippen LogP contribution in [-0.4, -0.2) is 0 Å². The molecule has 0 saturated heterocycles. The molecule has 0 amide bonds. The third kappa shape index (κ3) is 1.99. The van der Waals surface area contributed by atoms with Gasteiger partial charge in [-0.15, -0.1) is 0 Å². The van der Waals surface area contributed by atoms with Gasteiger partial charge in [-0.25, -0.2) is 8.78 Å². The Kier molecular flexibility index (Phi) is 3.04. The van der Waals surface area contributed by atoms with Gasteiger partial charge >= 0.3 is 0 Å². The van der Waals surface area contributed by atoms with Crippen molar-refractivity contribution in [3.8, 4) is 17.9 Å². The van der Waals surface area contributed by atoms with E-state index >= 15 is 0 Å². The molecule has 0 atom stereocenters. The second-order valence-electron chi connectivity index (χ2n) is 2.46. The molecule has 0 aromatic heterocycles. The van der Waals surface area contributed by atoms with Crippen molar-refractivity contribution in [2.75, 3.05) is 5.73 Å². The molecule has 0 saturated carbocycles. The highest BCUT2D eigenvalue weighted by Crippen LogP contribution is 2.17. The molecule has 0 spiro atoms. The summed E-state index contributed by atoms with van der Waals surface area (Å²) in [6.07, 6.45) is -0.0757. The first-order valence-corrected chi connectivity index (χ1v) is 3.76. The number of nitrogens with zero attached hydrogens (tertiary/aromatic N) is 1. The van der Waals surface area contributed by atoms with E-state index in [1.165, 1.54) is 0 Å². The standard InChI is InChI=1S/C10H6F2N2/c11-8-4-5-9(14)10(12)7(8)3-1-2-6-13/h4-5H,2,14H2. The minimum absolute atomic E-state index is 0.0757. The smallest absolute Gasteiger partial charge is 0.164 e. The Labute approximate surface area is 80.0 Å². The lowest BCUT2D eigenvalue weighted by Crippen LogP contribution is -1.96. The Morgan fingerprint density at radius 3 is 2.71 bits per heavy atom. The first-order chi connectivity index (χ1) is 6.66. The van der Waals surface area contributed by atoms with Gasteiger partial charge in [-0.1, -0.05) is 11.8 Å². The molecule has 4 heteroatoms. The lowest BCUT2D eigenvalue weighted by atomic mass is 10.1. The van der Waals surface area contributed by atoms with E-state index in [0.717, 1.165) is 12.1 Å². The molecule has 0 radical (unpaired) electrons. The van der Waals surface area contributed by atoms with Crippen LogP contribution in [0.5, 0.6) is 0 Å². The minimum Gasteiger partial charge on any atom is -0.396 e. The number of nitriles is 1. The lowest BCUT2D eigenvalue weighted by Gasteiger charge is -1.99. The van der Waals surface area contributed by atoms with Gasteiger partial charge in [0.25, 0.3) is 0 Å². The van der Waals surface area contributed by atoms with Crippen LogP contribution in [0.3, 0.4) is 0 Å². The van der Waals surface area contributed by atoms with Gasteiger partial charge in [-0.05, 0) is 12.1 Å². The van der Waals surface area contributed by atoms with Crippen LogP contribution in [-0.2, 0) is 0 Å². The summed E-state index contributed by atoms with van der Waals surface area (Å²) < 4.78 is 26.1. The van der Waals surface area contributed by atoms with Crippen molar-refractivity contribution in [1.29, 1.82) is 5.26 Å². The van der Waals surface area contributed by atoms with Crippen LogP contribution in [0.15, 0.2) is 12.1 Å². The normalized spacial score (nSPS) is 8.64. The van der Waals surface area contributed by atoms with E-state index in [1.54, 1.807) is 6.07 Å². The zero-order valence-electron chi connectivity index (χ0n) is 7.14. The lowest BCUT2D eigenvalue weighted by molar-refractivity contribution is 0.580. The summed E-state index contributed by atoms with van der Waals surface area (Å²) in [5.41, 5.74) is 4.67. The fourth-order valence-electron chi connectivity index (χ4n) is 0.855. The summed E-state index contributed by atoms with van der Waals surface area (Å²) in [4.78, 5) is 0. The van der Waals surface area contributed by atoms with Crippen molar-refractivity contribution < 1.29 is 8.78 Å². The quantitative estimate of drug-likeness (QED) is 0.503. The number of benzene rings is 1. The summed E-state index contributed by atoms with van der Waals surface area (Å²) >= 11 is 0. The molecule has 2 nitrogen and oxygen atoms in total. The van der Waals surface area contributed by atoms with Crippen molar-refractivity contribution in [2.45, 2.75) is 6.42 Å². The number of nitrogen functional groups attached to an aromatic ring is 1. The molecule has 0 unspecified atom stereocenters. The van der Waals surface area contributed by atoms with Crippen molar-refractivity contribution in [3.63, 3.8) is 0 Å². The van der Waals surface area contributed by atoms with Crippen LogP contribution in [0.2, 0.25) is 0 Å². The van der Waals surface area contributed by atoms with Crippen LogP contribution in [0.1, 0.15) is 12.0 Å². The van der Waals surface area contributed by atoms with Crippen LogP contribution in [0.25, 0.3) is 0 Å². The van der Waals surface area contributed by atoms with E-state index in [9.17, 15) is 8.78 Å². The second-order valence-corrected chi connectivity index (χ2v) is 2.46. The van der Waals surface area contributed by atoms with Crippen molar-refractivity contribution in [3.05, 3.63) is 29.3 Å². The summed E-state index contributed by atoms with van der Waals surface area (Å²) in [7, 11) is 0. The first kappa shape index (κ1) is 10.0. The monoisotopic (exact) mass is 192 g/mol. The SMILES string of the molecule is N#CCC#Cc1c(F)ccc(N)c1F. The molecule has 0 aliphatic rings. The third-order valence-electron chi connectivity index (χ3n) is 1.50. The number of anilines is 1. The summed E-state index contributed by atoms with van der Waals surface area (Å²) in [5, 5.41) is 8.17. The van der Waals surface area contributed by atoms with E-state index in [1.807, 2.05) is 0 Å². The third-order valence-corrected chi connectivity index (χ3v) is 1.50. The summed E-state index contributed by atoms with van der Waals surface area (Å²) in [6, 6.07) is 3.90. The van der Waals surface area contributed by atoms with Gasteiger partial charge in [0.2, 0.25) is 0 Å². The van der Waals surface area contributed by atoms with E-state index in [2.05, 4.69) is 11.8 Å². The fraction of sp³-hybridized carbons (Fsp3) is 0.100. The molecule has 2 N–H and O–H groups in total. The van der Waals surface area contributed by atoms with E-state index in [-0.39, 0.29) is 17.7 Å². The topological polar surface area (TPSA) is 49.8 Å². The maximum absolute atomic E-state index is 13.1. The predicted molar refractivity (Wildman–Crippen MR) is 47.9 cm³/mol. The Balaban J connectivity index is 3.16. The van der Waals surface area contributed by atoms with Gasteiger partial charge in [0.15, 0.2) is 5.82 Å². The Morgan fingerprint density at radius 2 is 2.07 bits per heavy atom. The maximum Gasteiger partial charge on any atom is 0.164 e. The van der Waals surface area contributed by atoms with Gasteiger partial charge in [0.1, 0.15) is 5.82 Å². The van der Waals surface area contributed by atoms with Gasteiger partial charge in [-0.2, -0.15) is 5.26 Å². The molecule has 1 rings (SSSR count). The van der Waals surface area contributed by atoms with Gasteiger partial charge in [0, 0.05) is 0 Å². The van der Waals surface area contributed by atoms with Crippen LogP contribution in [0.4, 0.5) is 14.5 Å². The number of hydrogen-bond acceptors (Lipinski definition) is 2. The van der Waals surface area contributed by atoms with Crippen LogP contribution >= 0.6 is 0 Å². The zero-order valence-corrected chi connectivity index (χ0v) is 7.14. The molecule has 70 valence electrons. The molecule has 1 aromatic carbocycles. The van der Waals surface area contributed by atoms with Gasteiger partial charge in [0.05, 0.1) is 23.7 Å². The van der Waals surface area contributed by atoms with Crippen LogP contribution in [0, 0.1) is 34.8 Å². The number of halogens is 2. The molecule has 0 aliphatic heterocycles. The largest absolute Gasteiger partial charge is 0.396 e. The molecule has 0 bridgehead atoms. The minimum atomic E-state index is -0.879. The van der Waals surface area contributed by atoms with Gasteiger partial charge in [-0.3, -0.25) is 0 Å². The van der Waals surface area contributed by atoms with Crippen molar-refractivity contribution in [2.24, 2.45) is 0 Å². The van der Waals surface area contributed by atoms with E-state index < -0.39 is 11.6 Å². The molecule has 0 aliphatic carbocycles. The summed E-state index contributed by atoms with van der Waals surface area (Å²) in [6.45, 7) is 0. The number of rotatable bonds is 0. The molecule has 14 heavy (non-hydrogen) atoms. The predicted octanol–water partition coefficient (Wildman–Crippen LogP) is 1.81. The Bertz CT molecular complexity index is 450. The zero-order chi connectivity index (χ0) is 10.6. The van der Waals surface area contributed by atoms with Crippen LogP contribution < -0.4 is 5.73 Å². The fourth-order valence-corrected chi connectivity index (χ4v) is 0.855. The average molecular weight is 192 g/mol. The molecule has 0 heterocycles. The summed E-state index contributed by atoms with van der Waals surface area (Å²) in [5.74, 6) is 2.88. The van der Waals surface area contributed by atoms with Crippen molar-refractivity contribution >= 4 is 5.69 Å². The average Bonchev–Trinajstić information content (AvgIpc) is 2.18. The molecule has 0 fully saturated rings. The highest BCUT2D eigenvalue weighted by atomic mass is 19.1. The maximum atomic E-state index is 13.1. The molecular weight excluding hydrogens is 186 g/mol. The van der Waals surface area contributed by atoms with E-state index in [4.69, 9.17) is 11.0 Å². The number of nitrogens with two attached hydrogens (primary N) is 1. The van der Waals surface area contributed by atoms with Crippen molar-refractivity contribution in [1.82, 2.24) is 0 Å². The first-order valence-electron chi connectivity index (χ1n) is 3.76.